The van der Waals surface area contributed by atoms with Gasteiger partial charge in [-0.1, -0.05) is 12.1 Å². The summed E-state index contributed by atoms with van der Waals surface area (Å²) < 4.78 is 5.30. The highest BCUT2D eigenvalue weighted by Crippen LogP contribution is 2.13. The minimum atomic E-state index is -0.838. The van der Waals surface area contributed by atoms with Gasteiger partial charge in [-0.25, -0.2) is 0 Å². The third-order valence-corrected chi connectivity index (χ3v) is 2.75. The van der Waals surface area contributed by atoms with E-state index in [1.807, 2.05) is 0 Å². The Balaban J connectivity index is 2.25. The molecule has 6 nitrogen and oxygen atoms in total. The fourth-order valence-corrected chi connectivity index (χ4v) is 1.63. The van der Waals surface area contributed by atoms with Crippen molar-refractivity contribution in [3.63, 3.8) is 0 Å². The molecule has 0 aliphatic carbocycles. The van der Waals surface area contributed by atoms with E-state index in [4.69, 9.17) is 9.84 Å². The van der Waals surface area contributed by atoms with Crippen molar-refractivity contribution < 1.29 is 24.2 Å². The number of ketones is 1. The predicted molar refractivity (Wildman–Crippen MR) is 76.4 cm³/mol. The molecule has 1 amide bonds. The van der Waals surface area contributed by atoms with Gasteiger partial charge < -0.3 is 15.2 Å². The number of carbonyl (C=O) groups excluding carboxylic acids is 2. The molecule has 21 heavy (non-hydrogen) atoms. The molecule has 0 atom stereocenters. The van der Waals surface area contributed by atoms with Gasteiger partial charge in [0.15, 0.2) is 12.4 Å². The second kappa shape index (κ2) is 8.73. The van der Waals surface area contributed by atoms with Gasteiger partial charge >= 0.3 is 5.97 Å². The highest BCUT2D eigenvalue weighted by atomic mass is 16.5. The summed E-state index contributed by atoms with van der Waals surface area (Å²) in [5.41, 5.74) is 0.529. The third-order valence-electron chi connectivity index (χ3n) is 2.75. The Bertz CT molecular complexity index is 513. The van der Waals surface area contributed by atoms with Crippen LogP contribution in [0.25, 0.3) is 0 Å². The van der Waals surface area contributed by atoms with Crippen LogP contribution in [0.2, 0.25) is 0 Å². The Hall–Kier alpha value is -2.37. The Labute approximate surface area is 123 Å². The predicted octanol–water partition coefficient (Wildman–Crippen LogP) is 1.64. The number of rotatable bonds is 9. The van der Waals surface area contributed by atoms with E-state index in [0.29, 0.717) is 30.7 Å². The average molecular weight is 293 g/mol. The van der Waals surface area contributed by atoms with Crippen LogP contribution in [0.3, 0.4) is 0 Å². The van der Waals surface area contributed by atoms with Crippen LogP contribution in [-0.2, 0) is 9.59 Å². The van der Waals surface area contributed by atoms with Crippen LogP contribution in [0, 0.1) is 0 Å². The number of unbranched alkanes of at least 4 members (excludes halogenated alkanes) is 1. The van der Waals surface area contributed by atoms with Crippen molar-refractivity contribution in [2.24, 2.45) is 0 Å². The molecule has 0 aromatic heterocycles. The lowest BCUT2D eigenvalue weighted by Gasteiger charge is -2.08. The van der Waals surface area contributed by atoms with Gasteiger partial charge in [-0.15, -0.1) is 0 Å². The first-order chi connectivity index (χ1) is 9.99. The number of ether oxygens (including phenoxy) is 1. The quantitative estimate of drug-likeness (QED) is 0.533. The van der Waals surface area contributed by atoms with Gasteiger partial charge in [-0.2, -0.15) is 0 Å². The largest absolute Gasteiger partial charge is 0.484 e. The zero-order valence-corrected chi connectivity index (χ0v) is 11.9. The first kappa shape index (κ1) is 16.7. The topological polar surface area (TPSA) is 92.7 Å². The fourth-order valence-electron chi connectivity index (χ4n) is 1.63. The fraction of sp³-hybridized carbons (Fsp3) is 0.400. The molecule has 0 unspecified atom stereocenters. The first-order valence-electron chi connectivity index (χ1n) is 6.71. The van der Waals surface area contributed by atoms with Crippen molar-refractivity contribution in [3.05, 3.63) is 29.8 Å². The van der Waals surface area contributed by atoms with E-state index in [0.717, 1.165) is 0 Å². The first-order valence-corrected chi connectivity index (χ1v) is 6.71. The van der Waals surface area contributed by atoms with Crippen molar-refractivity contribution in [1.82, 2.24) is 5.32 Å². The van der Waals surface area contributed by atoms with Gasteiger partial charge in [-0.05, 0) is 31.9 Å². The molecule has 0 fully saturated rings. The van der Waals surface area contributed by atoms with E-state index < -0.39 is 5.97 Å². The molecule has 2 N–H and O–H groups in total. The third kappa shape index (κ3) is 7.10. The summed E-state index contributed by atoms with van der Waals surface area (Å²) in [6.45, 7) is 1.74. The maximum atomic E-state index is 11.5. The van der Waals surface area contributed by atoms with Crippen LogP contribution >= 0.6 is 0 Å². The minimum absolute atomic E-state index is 0.0664. The lowest BCUT2D eigenvalue weighted by atomic mass is 10.1. The van der Waals surface area contributed by atoms with Crippen LogP contribution in [0.15, 0.2) is 24.3 Å². The van der Waals surface area contributed by atoms with Gasteiger partial charge in [0.1, 0.15) is 5.75 Å². The number of nitrogens with one attached hydrogen (secondary N) is 1. The van der Waals surface area contributed by atoms with E-state index in [2.05, 4.69) is 5.32 Å². The molecule has 0 spiro atoms. The van der Waals surface area contributed by atoms with Crippen molar-refractivity contribution >= 4 is 17.7 Å². The number of carboxylic acid groups (broad SMARTS) is 1. The Morgan fingerprint density at radius 2 is 2.00 bits per heavy atom. The van der Waals surface area contributed by atoms with Crippen LogP contribution in [0.4, 0.5) is 0 Å². The standard InChI is InChI=1S/C15H19NO5/c1-11(17)12-5-4-6-13(9-12)21-10-14(18)16-8-3-2-7-15(19)20/h4-6,9H,2-3,7-8,10H2,1H3,(H,16,18)(H,19,20). The highest BCUT2D eigenvalue weighted by Gasteiger charge is 2.05. The molecule has 0 aliphatic rings. The number of Topliss-reactive ketones (excluding diaryl/α,β-unsaturated/α-hetero) is 1. The minimum Gasteiger partial charge on any atom is -0.484 e. The summed E-state index contributed by atoms with van der Waals surface area (Å²) in [6.07, 6.45) is 1.24. The van der Waals surface area contributed by atoms with Crippen molar-refractivity contribution in [1.29, 1.82) is 0 Å². The zero-order valence-electron chi connectivity index (χ0n) is 11.9. The molecular weight excluding hydrogens is 274 g/mol. The molecular formula is C15H19NO5. The van der Waals surface area contributed by atoms with E-state index in [1.54, 1.807) is 24.3 Å². The molecule has 6 heteroatoms. The van der Waals surface area contributed by atoms with Crippen molar-refractivity contribution in [2.45, 2.75) is 26.2 Å². The number of aliphatic carboxylic acids is 1. The molecule has 0 aliphatic heterocycles. The molecule has 114 valence electrons. The lowest BCUT2D eigenvalue weighted by Crippen LogP contribution is -2.29. The molecule has 1 aromatic rings. The number of amides is 1. The van der Waals surface area contributed by atoms with E-state index in [-0.39, 0.29) is 24.7 Å². The number of carbonyl (C=O) groups is 3. The Morgan fingerprint density at radius 3 is 2.67 bits per heavy atom. The normalized spacial score (nSPS) is 9.95. The summed E-state index contributed by atoms with van der Waals surface area (Å²) in [6, 6.07) is 6.63. The number of carboxylic acids is 1. The van der Waals surface area contributed by atoms with Crippen LogP contribution < -0.4 is 10.1 Å². The molecule has 0 bridgehead atoms. The molecule has 0 saturated carbocycles. The maximum absolute atomic E-state index is 11.5. The number of benzene rings is 1. The van der Waals surface area contributed by atoms with Crippen LogP contribution in [0.1, 0.15) is 36.5 Å². The van der Waals surface area contributed by atoms with Gasteiger partial charge in [0.25, 0.3) is 5.91 Å². The molecule has 0 radical (unpaired) electrons. The maximum Gasteiger partial charge on any atom is 0.303 e. The Kier molecular flexibility index (Phi) is 6.94. The number of hydrogen-bond acceptors (Lipinski definition) is 4. The van der Waals surface area contributed by atoms with E-state index >= 15 is 0 Å². The highest BCUT2D eigenvalue weighted by molar-refractivity contribution is 5.94. The van der Waals surface area contributed by atoms with Gasteiger partial charge in [0.05, 0.1) is 0 Å². The molecule has 1 rings (SSSR count). The second-order valence-electron chi connectivity index (χ2n) is 4.57. The molecule has 0 heterocycles. The monoisotopic (exact) mass is 293 g/mol. The summed E-state index contributed by atoms with van der Waals surface area (Å²) in [4.78, 5) is 33.0. The second-order valence-corrected chi connectivity index (χ2v) is 4.57. The summed E-state index contributed by atoms with van der Waals surface area (Å²) >= 11 is 0. The average Bonchev–Trinajstić information content (AvgIpc) is 2.44. The van der Waals surface area contributed by atoms with E-state index in [1.165, 1.54) is 6.92 Å². The van der Waals surface area contributed by atoms with Gasteiger partial charge in [0.2, 0.25) is 0 Å². The molecule has 0 saturated heterocycles. The zero-order chi connectivity index (χ0) is 15.7. The Morgan fingerprint density at radius 1 is 1.24 bits per heavy atom. The van der Waals surface area contributed by atoms with Gasteiger partial charge in [-0.3, -0.25) is 14.4 Å². The smallest absolute Gasteiger partial charge is 0.303 e. The van der Waals surface area contributed by atoms with Crippen molar-refractivity contribution in [2.75, 3.05) is 13.2 Å². The van der Waals surface area contributed by atoms with E-state index in [9.17, 15) is 14.4 Å². The summed E-state index contributed by atoms with van der Waals surface area (Å²) in [5.74, 6) is -0.722. The molecule has 1 aromatic carbocycles. The van der Waals surface area contributed by atoms with Crippen molar-refractivity contribution in [3.8, 4) is 5.75 Å². The SMILES string of the molecule is CC(=O)c1cccc(OCC(=O)NCCCCC(=O)O)c1. The summed E-state index contributed by atoms with van der Waals surface area (Å²) in [5, 5.41) is 11.1. The summed E-state index contributed by atoms with van der Waals surface area (Å²) in [7, 11) is 0. The van der Waals surface area contributed by atoms with Crippen LogP contribution in [0.5, 0.6) is 5.75 Å². The van der Waals surface area contributed by atoms with Crippen LogP contribution in [-0.4, -0.2) is 35.9 Å². The lowest BCUT2D eigenvalue weighted by molar-refractivity contribution is -0.137. The number of hydrogen-bond donors (Lipinski definition) is 2. The van der Waals surface area contributed by atoms with Gasteiger partial charge in [0, 0.05) is 18.5 Å².